The van der Waals surface area contributed by atoms with E-state index in [1.54, 1.807) is 43.3 Å². The van der Waals surface area contributed by atoms with Crippen LogP contribution in [0, 0.1) is 6.92 Å². The standard InChI is InChI=1S/C18H16N4O4/c1-11-21-22-18(26-11)14-4-2-3-5-15(14)20-16(23)10-25-13-8-6-12(7-9-13)17(19)24/h2-9H,10H2,1H3,(H2,19,24)(H,20,23). The van der Waals surface area contributed by atoms with Gasteiger partial charge in [0.1, 0.15) is 5.75 Å². The van der Waals surface area contributed by atoms with Crippen molar-refractivity contribution in [3.8, 4) is 17.2 Å². The summed E-state index contributed by atoms with van der Waals surface area (Å²) >= 11 is 0. The number of nitrogens with one attached hydrogen (secondary N) is 1. The van der Waals surface area contributed by atoms with E-state index in [4.69, 9.17) is 14.9 Å². The molecule has 3 aromatic rings. The van der Waals surface area contributed by atoms with Crippen molar-refractivity contribution in [2.75, 3.05) is 11.9 Å². The number of aryl methyl sites for hydroxylation is 1. The fraction of sp³-hybridized carbons (Fsp3) is 0.111. The Morgan fingerprint density at radius 3 is 2.50 bits per heavy atom. The summed E-state index contributed by atoms with van der Waals surface area (Å²) < 4.78 is 10.8. The van der Waals surface area contributed by atoms with E-state index >= 15 is 0 Å². The predicted octanol–water partition coefficient (Wildman–Crippen LogP) is 2.16. The highest BCUT2D eigenvalue weighted by molar-refractivity contribution is 5.95. The van der Waals surface area contributed by atoms with Crippen LogP contribution in [0.4, 0.5) is 5.69 Å². The summed E-state index contributed by atoms with van der Waals surface area (Å²) in [4.78, 5) is 23.2. The number of hydrogen-bond acceptors (Lipinski definition) is 6. The second-order valence-electron chi connectivity index (χ2n) is 5.40. The van der Waals surface area contributed by atoms with Crippen molar-refractivity contribution < 1.29 is 18.7 Å². The van der Waals surface area contributed by atoms with E-state index in [1.165, 1.54) is 12.1 Å². The van der Waals surface area contributed by atoms with Crippen LogP contribution in [0.3, 0.4) is 0 Å². The van der Waals surface area contributed by atoms with E-state index in [9.17, 15) is 9.59 Å². The van der Waals surface area contributed by atoms with Crippen molar-refractivity contribution in [3.63, 3.8) is 0 Å². The average molecular weight is 352 g/mol. The quantitative estimate of drug-likeness (QED) is 0.701. The van der Waals surface area contributed by atoms with Gasteiger partial charge in [0, 0.05) is 12.5 Å². The molecule has 1 heterocycles. The maximum absolute atomic E-state index is 12.2. The number of nitrogens with two attached hydrogens (primary N) is 1. The number of aromatic nitrogens is 2. The summed E-state index contributed by atoms with van der Waals surface area (Å²) in [7, 11) is 0. The van der Waals surface area contributed by atoms with Crippen LogP contribution in [0.1, 0.15) is 16.2 Å². The summed E-state index contributed by atoms with van der Waals surface area (Å²) in [5, 5.41) is 10.5. The normalized spacial score (nSPS) is 10.3. The van der Waals surface area contributed by atoms with E-state index in [-0.39, 0.29) is 12.5 Å². The highest BCUT2D eigenvalue weighted by atomic mass is 16.5. The summed E-state index contributed by atoms with van der Waals surface area (Å²) in [5.74, 6) is 0.325. The number of primary amides is 1. The van der Waals surface area contributed by atoms with Crippen molar-refractivity contribution >= 4 is 17.5 Å². The number of carbonyl (C=O) groups excluding carboxylic acids is 2. The lowest BCUT2D eigenvalue weighted by Gasteiger charge is -2.10. The number of nitrogens with zero attached hydrogens (tertiary/aromatic N) is 2. The fourth-order valence-electron chi connectivity index (χ4n) is 2.23. The molecule has 26 heavy (non-hydrogen) atoms. The molecule has 132 valence electrons. The summed E-state index contributed by atoms with van der Waals surface area (Å²) in [6, 6.07) is 13.3. The van der Waals surface area contributed by atoms with Crippen LogP contribution >= 0.6 is 0 Å². The Morgan fingerprint density at radius 1 is 1.12 bits per heavy atom. The molecule has 0 fully saturated rings. The van der Waals surface area contributed by atoms with Crippen LogP contribution < -0.4 is 15.8 Å². The number of benzene rings is 2. The third-order valence-electron chi connectivity index (χ3n) is 3.47. The Morgan fingerprint density at radius 2 is 1.85 bits per heavy atom. The lowest BCUT2D eigenvalue weighted by Crippen LogP contribution is -2.20. The molecule has 3 N–H and O–H groups in total. The fourth-order valence-corrected chi connectivity index (χ4v) is 2.23. The third kappa shape index (κ3) is 4.04. The average Bonchev–Trinajstić information content (AvgIpc) is 3.07. The zero-order valence-electron chi connectivity index (χ0n) is 13.9. The first-order valence-corrected chi connectivity index (χ1v) is 7.75. The lowest BCUT2D eigenvalue weighted by atomic mass is 10.2. The molecule has 3 rings (SSSR count). The van der Waals surface area contributed by atoms with Gasteiger partial charge in [-0.3, -0.25) is 9.59 Å². The van der Waals surface area contributed by atoms with E-state index in [2.05, 4.69) is 15.5 Å². The van der Waals surface area contributed by atoms with Crippen LogP contribution in [0.25, 0.3) is 11.5 Å². The highest BCUT2D eigenvalue weighted by Gasteiger charge is 2.13. The number of amides is 2. The third-order valence-corrected chi connectivity index (χ3v) is 3.47. The molecule has 8 nitrogen and oxygen atoms in total. The zero-order chi connectivity index (χ0) is 18.5. The highest BCUT2D eigenvalue weighted by Crippen LogP contribution is 2.26. The molecule has 2 amide bonds. The first kappa shape index (κ1) is 17.2. The van der Waals surface area contributed by atoms with Gasteiger partial charge in [-0.25, -0.2) is 0 Å². The van der Waals surface area contributed by atoms with E-state index < -0.39 is 5.91 Å². The number of anilines is 1. The van der Waals surface area contributed by atoms with Gasteiger partial charge in [0.05, 0.1) is 11.3 Å². The van der Waals surface area contributed by atoms with Crippen LogP contribution in [0.2, 0.25) is 0 Å². The van der Waals surface area contributed by atoms with Crippen molar-refractivity contribution in [1.82, 2.24) is 10.2 Å². The van der Waals surface area contributed by atoms with Crippen LogP contribution in [0.5, 0.6) is 5.75 Å². The second kappa shape index (κ2) is 7.47. The number of rotatable bonds is 6. The molecule has 0 spiro atoms. The Hall–Kier alpha value is -3.68. The minimum Gasteiger partial charge on any atom is -0.484 e. The van der Waals surface area contributed by atoms with Crippen LogP contribution in [0.15, 0.2) is 52.9 Å². The van der Waals surface area contributed by atoms with Crippen molar-refractivity contribution in [3.05, 3.63) is 60.0 Å². The molecule has 0 atom stereocenters. The smallest absolute Gasteiger partial charge is 0.262 e. The van der Waals surface area contributed by atoms with Gasteiger partial charge in [0.2, 0.25) is 17.7 Å². The van der Waals surface area contributed by atoms with E-state index in [0.717, 1.165) is 0 Å². The molecular weight excluding hydrogens is 336 g/mol. The minimum absolute atomic E-state index is 0.201. The molecule has 0 saturated carbocycles. The lowest BCUT2D eigenvalue weighted by molar-refractivity contribution is -0.118. The van der Waals surface area contributed by atoms with Gasteiger partial charge in [0.15, 0.2) is 6.61 Å². The Labute approximate surface area is 149 Å². The summed E-state index contributed by atoms with van der Waals surface area (Å²) in [5.41, 5.74) is 6.69. The van der Waals surface area contributed by atoms with Gasteiger partial charge in [-0.05, 0) is 36.4 Å². The molecular formula is C18H16N4O4. The van der Waals surface area contributed by atoms with Gasteiger partial charge in [-0.15, -0.1) is 10.2 Å². The summed E-state index contributed by atoms with van der Waals surface area (Å²) in [6.45, 7) is 1.49. The number of hydrogen-bond donors (Lipinski definition) is 2. The first-order chi connectivity index (χ1) is 12.5. The van der Waals surface area contributed by atoms with Gasteiger partial charge in [-0.2, -0.15) is 0 Å². The Balaban J connectivity index is 1.64. The van der Waals surface area contributed by atoms with Crippen LogP contribution in [-0.4, -0.2) is 28.6 Å². The Kier molecular flexibility index (Phi) is 4.93. The molecule has 1 aromatic heterocycles. The summed E-state index contributed by atoms with van der Waals surface area (Å²) in [6.07, 6.45) is 0. The van der Waals surface area contributed by atoms with Gasteiger partial charge < -0.3 is 20.2 Å². The minimum atomic E-state index is -0.526. The maximum atomic E-state index is 12.2. The molecule has 2 aromatic carbocycles. The number of para-hydroxylation sites is 1. The largest absolute Gasteiger partial charge is 0.484 e. The van der Waals surface area contributed by atoms with Gasteiger partial charge in [0.25, 0.3) is 5.91 Å². The van der Waals surface area contributed by atoms with Gasteiger partial charge >= 0.3 is 0 Å². The monoisotopic (exact) mass is 352 g/mol. The van der Waals surface area contributed by atoms with E-state index in [1.807, 2.05) is 0 Å². The SMILES string of the molecule is Cc1nnc(-c2ccccc2NC(=O)COc2ccc(C(N)=O)cc2)o1. The molecule has 0 radical (unpaired) electrons. The molecule has 0 aliphatic rings. The predicted molar refractivity (Wildman–Crippen MR) is 93.6 cm³/mol. The first-order valence-electron chi connectivity index (χ1n) is 7.75. The molecule has 0 unspecified atom stereocenters. The molecule has 0 aliphatic heterocycles. The topological polar surface area (TPSA) is 120 Å². The van der Waals surface area contributed by atoms with Crippen molar-refractivity contribution in [1.29, 1.82) is 0 Å². The molecule has 8 heteroatoms. The van der Waals surface area contributed by atoms with Crippen LogP contribution in [-0.2, 0) is 4.79 Å². The Bertz CT molecular complexity index is 934. The maximum Gasteiger partial charge on any atom is 0.262 e. The van der Waals surface area contributed by atoms with Crippen molar-refractivity contribution in [2.24, 2.45) is 5.73 Å². The molecule has 0 aliphatic carbocycles. The number of ether oxygens (including phenoxy) is 1. The van der Waals surface area contributed by atoms with Crippen molar-refractivity contribution in [2.45, 2.75) is 6.92 Å². The zero-order valence-corrected chi connectivity index (χ0v) is 13.9. The second-order valence-corrected chi connectivity index (χ2v) is 5.40. The molecule has 0 bridgehead atoms. The van der Waals surface area contributed by atoms with Gasteiger partial charge in [-0.1, -0.05) is 12.1 Å². The molecule has 0 saturated heterocycles. The van der Waals surface area contributed by atoms with E-state index in [0.29, 0.717) is 34.3 Å². The number of carbonyl (C=O) groups is 2.